The molecule has 1 aliphatic heterocycles. The highest BCUT2D eigenvalue weighted by atomic mass is 16.5. The molecule has 4 rings (SSSR count). The SMILES string of the molecule is COc1ccccc1C(=O)Nc1ccc(Nc2nc(C)cc(N3CCOCC3)n2)cc1. The lowest BCUT2D eigenvalue weighted by atomic mass is 10.2. The summed E-state index contributed by atoms with van der Waals surface area (Å²) in [4.78, 5) is 23.9. The average Bonchev–Trinajstić information content (AvgIpc) is 2.80. The van der Waals surface area contributed by atoms with Gasteiger partial charge in [0.05, 0.1) is 25.9 Å². The molecular weight excluding hydrogens is 394 g/mol. The first kappa shape index (κ1) is 20.6. The molecule has 31 heavy (non-hydrogen) atoms. The summed E-state index contributed by atoms with van der Waals surface area (Å²) in [7, 11) is 1.55. The number of carbonyl (C=O) groups is 1. The van der Waals surface area contributed by atoms with Crippen LogP contribution in [0.1, 0.15) is 16.1 Å². The largest absolute Gasteiger partial charge is 0.496 e. The summed E-state index contributed by atoms with van der Waals surface area (Å²) >= 11 is 0. The summed E-state index contributed by atoms with van der Waals surface area (Å²) in [6, 6.07) is 16.5. The Morgan fingerprint density at radius 3 is 2.48 bits per heavy atom. The first-order valence-electron chi connectivity index (χ1n) is 10.1. The van der Waals surface area contributed by atoms with Gasteiger partial charge in [-0.3, -0.25) is 4.79 Å². The van der Waals surface area contributed by atoms with Crippen molar-refractivity contribution >= 4 is 29.0 Å². The average molecular weight is 419 g/mol. The fourth-order valence-corrected chi connectivity index (χ4v) is 3.36. The number of hydrogen-bond donors (Lipinski definition) is 2. The molecule has 160 valence electrons. The zero-order valence-corrected chi connectivity index (χ0v) is 17.6. The molecule has 0 bridgehead atoms. The molecule has 1 fully saturated rings. The Labute approximate surface area is 181 Å². The van der Waals surface area contributed by atoms with Gasteiger partial charge in [-0.1, -0.05) is 12.1 Å². The molecule has 1 amide bonds. The van der Waals surface area contributed by atoms with E-state index < -0.39 is 0 Å². The number of amides is 1. The highest BCUT2D eigenvalue weighted by Crippen LogP contribution is 2.22. The van der Waals surface area contributed by atoms with Crippen molar-refractivity contribution in [2.24, 2.45) is 0 Å². The van der Waals surface area contributed by atoms with E-state index in [1.54, 1.807) is 25.3 Å². The van der Waals surface area contributed by atoms with E-state index in [4.69, 9.17) is 9.47 Å². The summed E-state index contributed by atoms with van der Waals surface area (Å²) in [5.74, 6) is 1.73. The van der Waals surface area contributed by atoms with Gasteiger partial charge in [-0.05, 0) is 43.3 Å². The van der Waals surface area contributed by atoms with E-state index in [0.717, 1.165) is 30.3 Å². The molecule has 1 saturated heterocycles. The monoisotopic (exact) mass is 419 g/mol. The Kier molecular flexibility index (Phi) is 6.28. The zero-order chi connectivity index (χ0) is 21.6. The summed E-state index contributed by atoms with van der Waals surface area (Å²) in [6.07, 6.45) is 0. The third-order valence-electron chi connectivity index (χ3n) is 4.93. The summed E-state index contributed by atoms with van der Waals surface area (Å²) in [6.45, 7) is 4.99. The minimum absolute atomic E-state index is 0.227. The molecule has 1 aromatic heterocycles. The van der Waals surface area contributed by atoms with Gasteiger partial charge in [0.15, 0.2) is 0 Å². The van der Waals surface area contributed by atoms with Crippen molar-refractivity contribution in [1.29, 1.82) is 0 Å². The van der Waals surface area contributed by atoms with Gasteiger partial charge in [-0.25, -0.2) is 4.98 Å². The molecule has 0 radical (unpaired) electrons. The normalized spacial score (nSPS) is 13.5. The Hall–Kier alpha value is -3.65. The van der Waals surface area contributed by atoms with Crippen LogP contribution in [0.5, 0.6) is 5.75 Å². The Morgan fingerprint density at radius 2 is 1.74 bits per heavy atom. The number of aryl methyl sites for hydroxylation is 1. The lowest BCUT2D eigenvalue weighted by Crippen LogP contribution is -2.36. The maximum Gasteiger partial charge on any atom is 0.259 e. The van der Waals surface area contributed by atoms with Crippen LogP contribution in [0.4, 0.5) is 23.1 Å². The topological polar surface area (TPSA) is 88.6 Å². The second-order valence-electron chi connectivity index (χ2n) is 7.15. The summed E-state index contributed by atoms with van der Waals surface area (Å²) < 4.78 is 10.7. The molecule has 1 aliphatic rings. The smallest absolute Gasteiger partial charge is 0.259 e. The van der Waals surface area contributed by atoms with Crippen LogP contribution < -0.4 is 20.3 Å². The van der Waals surface area contributed by atoms with Gasteiger partial charge in [-0.2, -0.15) is 4.98 Å². The van der Waals surface area contributed by atoms with Crippen molar-refractivity contribution in [3.05, 3.63) is 65.9 Å². The summed E-state index contributed by atoms with van der Waals surface area (Å²) in [5, 5.41) is 6.13. The number of morpholine rings is 1. The molecule has 0 saturated carbocycles. The Morgan fingerprint density at radius 1 is 1.03 bits per heavy atom. The molecule has 0 unspecified atom stereocenters. The van der Waals surface area contributed by atoms with Crippen LogP contribution in [0.2, 0.25) is 0 Å². The number of hydrogen-bond acceptors (Lipinski definition) is 7. The van der Waals surface area contributed by atoms with Gasteiger partial charge < -0.3 is 25.0 Å². The maximum absolute atomic E-state index is 12.6. The third kappa shape index (κ3) is 5.10. The summed E-state index contributed by atoms with van der Waals surface area (Å²) in [5.41, 5.74) is 2.88. The predicted octanol–water partition coefficient (Wildman–Crippen LogP) is 3.63. The van der Waals surface area contributed by atoms with Gasteiger partial charge in [0.2, 0.25) is 5.95 Å². The van der Waals surface area contributed by atoms with Crippen LogP contribution >= 0.6 is 0 Å². The van der Waals surface area contributed by atoms with Gasteiger partial charge in [-0.15, -0.1) is 0 Å². The molecule has 0 spiro atoms. The number of anilines is 4. The number of para-hydroxylation sites is 1. The number of nitrogens with one attached hydrogen (secondary N) is 2. The Balaban J connectivity index is 1.44. The Bertz CT molecular complexity index is 1050. The van der Waals surface area contributed by atoms with Crippen LogP contribution in [-0.4, -0.2) is 49.3 Å². The van der Waals surface area contributed by atoms with E-state index in [0.29, 0.717) is 36.2 Å². The van der Waals surface area contributed by atoms with E-state index in [-0.39, 0.29) is 5.91 Å². The lowest BCUT2D eigenvalue weighted by molar-refractivity contribution is 0.102. The maximum atomic E-state index is 12.6. The number of nitrogens with zero attached hydrogens (tertiary/aromatic N) is 3. The van der Waals surface area contributed by atoms with Crippen molar-refractivity contribution in [2.75, 3.05) is 48.9 Å². The van der Waals surface area contributed by atoms with Crippen molar-refractivity contribution < 1.29 is 14.3 Å². The second-order valence-corrected chi connectivity index (χ2v) is 7.15. The number of methoxy groups -OCH3 is 1. The number of aromatic nitrogens is 2. The van der Waals surface area contributed by atoms with E-state index in [2.05, 4.69) is 25.5 Å². The van der Waals surface area contributed by atoms with Crippen LogP contribution in [0.3, 0.4) is 0 Å². The molecular formula is C23H25N5O3. The standard InChI is InChI=1S/C23H25N5O3/c1-16-15-21(28-11-13-31-14-12-28)27-23(24-16)26-18-9-7-17(8-10-18)25-22(29)19-5-3-4-6-20(19)30-2/h3-10,15H,11-14H2,1-2H3,(H,25,29)(H,24,26,27). The van der Waals surface area contributed by atoms with E-state index in [1.807, 2.05) is 43.3 Å². The van der Waals surface area contributed by atoms with Gasteiger partial charge in [0.25, 0.3) is 5.91 Å². The molecule has 0 aliphatic carbocycles. The third-order valence-corrected chi connectivity index (χ3v) is 4.93. The number of carbonyl (C=O) groups excluding carboxylic acids is 1. The van der Waals surface area contributed by atoms with Crippen molar-refractivity contribution in [3.63, 3.8) is 0 Å². The van der Waals surface area contributed by atoms with Crippen LogP contribution in [0.25, 0.3) is 0 Å². The zero-order valence-electron chi connectivity index (χ0n) is 17.6. The molecule has 2 aromatic carbocycles. The molecule has 8 heteroatoms. The highest BCUT2D eigenvalue weighted by Gasteiger charge is 2.15. The van der Waals surface area contributed by atoms with Crippen molar-refractivity contribution in [3.8, 4) is 5.75 Å². The first-order valence-corrected chi connectivity index (χ1v) is 10.1. The van der Waals surface area contributed by atoms with Gasteiger partial charge in [0, 0.05) is 36.2 Å². The predicted molar refractivity (Wildman–Crippen MR) is 120 cm³/mol. The molecule has 3 aromatic rings. The minimum atomic E-state index is -0.227. The van der Waals surface area contributed by atoms with Crippen molar-refractivity contribution in [1.82, 2.24) is 9.97 Å². The molecule has 2 heterocycles. The number of rotatable bonds is 6. The van der Waals surface area contributed by atoms with E-state index >= 15 is 0 Å². The molecule has 2 N–H and O–H groups in total. The molecule has 0 atom stereocenters. The highest BCUT2D eigenvalue weighted by molar-refractivity contribution is 6.06. The fraction of sp³-hybridized carbons (Fsp3) is 0.261. The van der Waals surface area contributed by atoms with Crippen LogP contribution in [0.15, 0.2) is 54.6 Å². The van der Waals surface area contributed by atoms with E-state index in [1.165, 1.54) is 0 Å². The molecule has 8 nitrogen and oxygen atoms in total. The first-order chi connectivity index (χ1) is 15.1. The minimum Gasteiger partial charge on any atom is -0.496 e. The van der Waals surface area contributed by atoms with Gasteiger partial charge in [0.1, 0.15) is 11.6 Å². The second kappa shape index (κ2) is 9.44. The van der Waals surface area contributed by atoms with E-state index in [9.17, 15) is 4.79 Å². The van der Waals surface area contributed by atoms with Crippen molar-refractivity contribution in [2.45, 2.75) is 6.92 Å². The number of ether oxygens (including phenoxy) is 2. The lowest BCUT2D eigenvalue weighted by Gasteiger charge is -2.28. The quantitative estimate of drug-likeness (QED) is 0.631. The number of benzene rings is 2. The van der Waals surface area contributed by atoms with Crippen LogP contribution in [0, 0.1) is 6.92 Å². The van der Waals surface area contributed by atoms with Crippen LogP contribution in [-0.2, 0) is 4.74 Å². The fourth-order valence-electron chi connectivity index (χ4n) is 3.36. The van der Waals surface area contributed by atoms with Gasteiger partial charge >= 0.3 is 0 Å².